The van der Waals surface area contributed by atoms with Crippen molar-refractivity contribution in [1.29, 1.82) is 0 Å². The SMILES string of the molecule is CCCCCC1CCC2CC(c3ccc4c(F)cc(F)cc4c3)CCC2C1. The average molecular weight is 371 g/mol. The molecule has 4 atom stereocenters. The summed E-state index contributed by atoms with van der Waals surface area (Å²) in [5, 5.41) is 1.23. The minimum absolute atomic E-state index is 0.457. The van der Waals surface area contributed by atoms with E-state index in [2.05, 4.69) is 13.0 Å². The molecule has 0 N–H and O–H groups in total. The summed E-state index contributed by atoms with van der Waals surface area (Å²) in [6.45, 7) is 2.29. The normalized spacial score (nSPS) is 28.3. The van der Waals surface area contributed by atoms with Gasteiger partial charge in [0.05, 0.1) is 0 Å². The third-order valence-electron chi connectivity index (χ3n) is 7.30. The van der Waals surface area contributed by atoms with Crippen LogP contribution in [0, 0.1) is 29.4 Å². The van der Waals surface area contributed by atoms with Crippen molar-refractivity contribution in [2.45, 2.75) is 77.0 Å². The van der Waals surface area contributed by atoms with Crippen LogP contribution in [0.1, 0.15) is 82.6 Å². The molecule has 0 nitrogen and oxygen atoms in total. The fourth-order valence-corrected chi connectivity index (χ4v) is 5.80. The van der Waals surface area contributed by atoms with Gasteiger partial charge in [-0.1, -0.05) is 57.2 Å². The van der Waals surface area contributed by atoms with E-state index >= 15 is 0 Å². The molecule has 2 aromatic rings. The average Bonchev–Trinajstić information content (AvgIpc) is 2.67. The van der Waals surface area contributed by atoms with Gasteiger partial charge in [-0.15, -0.1) is 0 Å². The van der Waals surface area contributed by atoms with Crippen LogP contribution in [0.15, 0.2) is 30.3 Å². The first kappa shape index (κ1) is 18.9. The standard InChI is InChI=1S/C25H32F2/c1-2-3-4-5-17-6-7-19-13-20(9-8-18(19)12-17)21-10-11-24-22(14-21)15-23(26)16-25(24)27/h10-11,14-20H,2-9,12-13H2,1H3. The van der Waals surface area contributed by atoms with Crippen LogP contribution in [0.5, 0.6) is 0 Å². The highest BCUT2D eigenvalue weighted by Crippen LogP contribution is 2.48. The molecule has 2 aliphatic rings. The maximum atomic E-state index is 14.0. The second kappa shape index (κ2) is 8.29. The van der Waals surface area contributed by atoms with E-state index in [-0.39, 0.29) is 0 Å². The number of benzene rings is 2. The summed E-state index contributed by atoms with van der Waals surface area (Å²) in [5.41, 5.74) is 1.27. The van der Waals surface area contributed by atoms with Gasteiger partial charge in [-0.2, -0.15) is 0 Å². The van der Waals surface area contributed by atoms with E-state index < -0.39 is 11.6 Å². The Bertz CT molecular complexity index is 781. The highest BCUT2D eigenvalue weighted by atomic mass is 19.1. The van der Waals surface area contributed by atoms with Gasteiger partial charge in [0.2, 0.25) is 0 Å². The Balaban J connectivity index is 1.42. The van der Waals surface area contributed by atoms with E-state index in [9.17, 15) is 8.78 Å². The maximum Gasteiger partial charge on any atom is 0.133 e. The topological polar surface area (TPSA) is 0 Å². The molecule has 0 bridgehead atoms. The smallest absolute Gasteiger partial charge is 0.133 e. The fraction of sp³-hybridized carbons (Fsp3) is 0.600. The molecule has 0 heterocycles. The summed E-state index contributed by atoms with van der Waals surface area (Å²) in [7, 11) is 0. The first-order chi connectivity index (χ1) is 13.1. The molecule has 0 aromatic heterocycles. The van der Waals surface area contributed by atoms with Gasteiger partial charge in [0.15, 0.2) is 0 Å². The number of halogens is 2. The highest BCUT2D eigenvalue weighted by Gasteiger charge is 2.35. The Kier molecular flexibility index (Phi) is 5.80. The molecule has 4 rings (SSSR count). The van der Waals surface area contributed by atoms with Crippen LogP contribution >= 0.6 is 0 Å². The number of fused-ring (bicyclic) bond motifs is 2. The molecule has 146 valence electrons. The van der Waals surface area contributed by atoms with E-state index in [0.29, 0.717) is 16.7 Å². The molecule has 2 heteroatoms. The van der Waals surface area contributed by atoms with E-state index in [4.69, 9.17) is 0 Å². The first-order valence-electron chi connectivity index (χ1n) is 11.0. The second-order valence-electron chi connectivity index (χ2n) is 9.07. The van der Waals surface area contributed by atoms with E-state index in [1.807, 2.05) is 12.1 Å². The highest BCUT2D eigenvalue weighted by molar-refractivity contribution is 5.84. The Morgan fingerprint density at radius 2 is 1.70 bits per heavy atom. The molecule has 0 amide bonds. The van der Waals surface area contributed by atoms with Crippen molar-refractivity contribution < 1.29 is 8.78 Å². The molecule has 0 spiro atoms. The molecule has 2 saturated carbocycles. The minimum Gasteiger partial charge on any atom is -0.207 e. The van der Waals surface area contributed by atoms with Crippen molar-refractivity contribution in [3.05, 3.63) is 47.5 Å². The molecule has 27 heavy (non-hydrogen) atoms. The van der Waals surface area contributed by atoms with Crippen molar-refractivity contribution in [1.82, 2.24) is 0 Å². The number of rotatable bonds is 5. The lowest BCUT2D eigenvalue weighted by molar-refractivity contribution is 0.113. The zero-order valence-electron chi connectivity index (χ0n) is 16.5. The summed E-state index contributed by atoms with van der Waals surface area (Å²) < 4.78 is 27.6. The van der Waals surface area contributed by atoms with Gasteiger partial charge in [-0.3, -0.25) is 0 Å². The quantitative estimate of drug-likeness (QED) is 0.468. The maximum absolute atomic E-state index is 14.0. The zero-order chi connectivity index (χ0) is 18.8. The molecule has 4 unspecified atom stereocenters. The molecule has 0 radical (unpaired) electrons. The third-order valence-corrected chi connectivity index (χ3v) is 7.30. The fourth-order valence-electron chi connectivity index (χ4n) is 5.80. The van der Waals surface area contributed by atoms with Gasteiger partial charge >= 0.3 is 0 Å². The molecule has 2 fully saturated rings. The largest absolute Gasteiger partial charge is 0.207 e. The molecule has 2 aromatic carbocycles. The number of hydrogen-bond donors (Lipinski definition) is 0. The summed E-state index contributed by atoms with van der Waals surface area (Å²) >= 11 is 0. The summed E-state index contributed by atoms with van der Waals surface area (Å²) in [5.74, 6) is 2.34. The van der Waals surface area contributed by atoms with E-state index in [1.54, 1.807) is 0 Å². The van der Waals surface area contributed by atoms with Crippen molar-refractivity contribution >= 4 is 10.8 Å². The van der Waals surface area contributed by atoms with E-state index in [0.717, 1.165) is 23.8 Å². The van der Waals surface area contributed by atoms with Gasteiger partial charge in [-0.25, -0.2) is 8.78 Å². The van der Waals surface area contributed by atoms with Crippen LogP contribution in [0.2, 0.25) is 0 Å². The van der Waals surface area contributed by atoms with Crippen molar-refractivity contribution in [2.75, 3.05) is 0 Å². The molecule has 2 aliphatic carbocycles. The monoisotopic (exact) mass is 370 g/mol. The van der Waals surface area contributed by atoms with Crippen molar-refractivity contribution in [2.24, 2.45) is 17.8 Å². The van der Waals surface area contributed by atoms with E-state index in [1.165, 1.54) is 75.8 Å². The van der Waals surface area contributed by atoms with Crippen molar-refractivity contribution in [3.63, 3.8) is 0 Å². The molecular weight excluding hydrogens is 338 g/mol. The van der Waals surface area contributed by atoms with Crippen LogP contribution in [0.25, 0.3) is 10.8 Å². The van der Waals surface area contributed by atoms with Crippen LogP contribution < -0.4 is 0 Å². The Morgan fingerprint density at radius 1 is 0.889 bits per heavy atom. The van der Waals surface area contributed by atoms with Gasteiger partial charge in [-0.05, 0) is 72.8 Å². The lowest BCUT2D eigenvalue weighted by Gasteiger charge is -2.42. The predicted octanol–water partition coefficient (Wildman–Crippen LogP) is 8.00. The van der Waals surface area contributed by atoms with Crippen LogP contribution in [-0.2, 0) is 0 Å². The lowest BCUT2D eigenvalue weighted by atomic mass is 9.63. The Hall–Kier alpha value is -1.44. The predicted molar refractivity (Wildman–Crippen MR) is 109 cm³/mol. The Labute approximate surface area is 162 Å². The number of hydrogen-bond acceptors (Lipinski definition) is 0. The molecule has 0 aliphatic heterocycles. The first-order valence-corrected chi connectivity index (χ1v) is 11.0. The third kappa shape index (κ3) is 4.20. The minimum atomic E-state index is -0.484. The molecular formula is C25H32F2. The Morgan fingerprint density at radius 3 is 2.56 bits per heavy atom. The summed E-state index contributed by atoms with van der Waals surface area (Å²) in [6.07, 6.45) is 13.6. The van der Waals surface area contributed by atoms with Crippen molar-refractivity contribution in [3.8, 4) is 0 Å². The number of unbranched alkanes of at least 4 members (excludes halogenated alkanes) is 2. The van der Waals surface area contributed by atoms with Crippen LogP contribution in [0.4, 0.5) is 8.78 Å². The second-order valence-corrected chi connectivity index (χ2v) is 9.07. The van der Waals surface area contributed by atoms with Gasteiger partial charge < -0.3 is 0 Å². The van der Waals surface area contributed by atoms with Crippen LogP contribution in [0.3, 0.4) is 0 Å². The molecule has 0 saturated heterocycles. The van der Waals surface area contributed by atoms with Gasteiger partial charge in [0, 0.05) is 11.5 Å². The lowest BCUT2D eigenvalue weighted by Crippen LogP contribution is -2.30. The van der Waals surface area contributed by atoms with Gasteiger partial charge in [0.25, 0.3) is 0 Å². The zero-order valence-corrected chi connectivity index (χ0v) is 16.5. The summed E-state index contributed by atoms with van der Waals surface area (Å²) in [4.78, 5) is 0. The van der Waals surface area contributed by atoms with Gasteiger partial charge in [0.1, 0.15) is 11.6 Å². The van der Waals surface area contributed by atoms with Crippen LogP contribution in [-0.4, -0.2) is 0 Å². The summed E-state index contributed by atoms with van der Waals surface area (Å²) in [6, 6.07) is 8.39.